The minimum Gasteiger partial charge on any atom is -0.445 e. The summed E-state index contributed by atoms with van der Waals surface area (Å²) in [5, 5.41) is 5.43. The minimum absolute atomic E-state index is 0.0797. The smallest absolute Gasteiger partial charge is 0.407 e. The molecule has 0 atom stereocenters. The van der Waals surface area contributed by atoms with Gasteiger partial charge in [-0.2, -0.15) is 0 Å². The second-order valence-corrected chi connectivity index (χ2v) is 3.58. The minimum atomic E-state index is -0.413. The van der Waals surface area contributed by atoms with Crippen molar-refractivity contribution in [3.05, 3.63) is 12.7 Å². The van der Waals surface area contributed by atoms with Crippen LogP contribution in [-0.2, 0) is 9.53 Å². The average molecular weight is 242 g/mol. The van der Waals surface area contributed by atoms with Gasteiger partial charge in [0.15, 0.2) is 0 Å². The van der Waals surface area contributed by atoms with Crippen LogP contribution in [0, 0.1) is 0 Å². The standard InChI is InChI=1S/C12H22N2O3/c1-3-10-17-12(16)14-9-7-5-6-8-13-11(15)4-2/h3H,1,4-10H2,2H3,(H,13,15)(H,14,16). The molecule has 0 rings (SSSR count). The van der Waals surface area contributed by atoms with Crippen molar-refractivity contribution >= 4 is 12.0 Å². The van der Waals surface area contributed by atoms with E-state index < -0.39 is 6.09 Å². The first-order valence-corrected chi connectivity index (χ1v) is 5.99. The Kier molecular flexibility index (Phi) is 10.00. The summed E-state index contributed by atoms with van der Waals surface area (Å²) >= 11 is 0. The summed E-state index contributed by atoms with van der Waals surface area (Å²) in [7, 11) is 0. The Hall–Kier alpha value is -1.52. The van der Waals surface area contributed by atoms with Crippen LogP contribution in [0.3, 0.4) is 0 Å². The van der Waals surface area contributed by atoms with Crippen molar-refractivity contribution in [1.29, 1.82) is 0 Å². The lowest BCUT2D eigenvalue weighted by Gasteiger charge is -2.05. The molecule has 0 aromatic rings. The van der Waals surface area contributed by atoms with Crippen LogP contribution in [0.15, 0.2) is 12.7 Å². The van der Waals surface area contributed by atoms with E-state index in [1.807, 2.05) is 6.92 Å². The van der Waals surface area contributed by atoms with Crippen molar-refractivity contribution in [2.75, 3.05) is 19.7 Å². The molecule has 0 bridgehead atoms. The number of unbranched alkanes of at least 4 members (excludes halogenated alkanes) is 2. The maximum atomic E-state index is 11.0. The number of alkyl carbamates (subject to hydrolysis) is 1. The van der Waals surface area contributed by atoms with Crippen molar-refractivity contribution in [3.8, 4) is 0 Å². The van der Waals surface area contributed by atoms with Gasteiger partial charge in [-0.3, -0.25) is 4.79 Å². The number of carbonyl (C=O) groups is 2. The third kappa shape index (κ3) is 10.8. The maximum Gasteiger partial charge on any atom is 0.407 e. The van der Waals surface area contributed by atoms with Crippen molar-refractivity contribution in [1.82, 2.24) is 10.6 Å². The van der Waals surface area contributed by atoms with E-state index >= 15 is 0 Å². The molecular weight excluding hydrogens is 220 g/mol. The van der Waals surface area contributed by atoms with Gasteiger partial charge in [-0.25, -0.2) is 4.79 Å². The zero-order valence-corrected chi connectivity index (χ0v) is 10.5. The molecule has 0 heterocycles. The summed E-state index contributed by atoms with van der Waals surface area (Å²) < 4.78 is 4.74. The van der Waals surface area contributed by atoms with Gasteiger partial charge < -0.3 is 15.4 Å². The summed E-state index contributed by atoms with van der Waals surface area (Å²) in [6, 6.07) is 0. The van der Waals surface area contributed by atoms with Gasteiger partial charge in [0, 0.05) is 19.5 Å². The molecule has 0 aliphatic carbocycles. The van der Waals surface area contributed by atoms with E-state index in [-0.39, 0.29) is 12.5 Å². The number of hydrogen-bond donors (Lipinski definition) is 2. The molecule has 0 aromatic carbocycles. The van der Waals surface area contributed by atoms with Gasteiger partial charge in [0.2, 0.25) is 5.91 Å². The van der Waals surface area contributed by atoms with Crippen LogP contribution in [0.4, 0.5) is 4.79 Å². The van der Waals surface area contributed by atoms with Gasteiger partial charge in [-0.15, -0.1) is 0 Å². The summed E-state index contributed by atoms with van der Waals surface area (Å²) in [6.07, 6.45) is 4.41. The topological polar surface area (TPSA) is 67.4 Å². The van der Waals surface area contributed by atoms with E-state index in [4.69, 9.17) is 4.74 Å². The summed E-state index contributed by atoms with van der Waals surface area (Å²) in [4.78, 5) is 21.9. The zero-order valence-electron chi connectivity index (χ0n) is 10.5. The molecule has 0 radical (unpaired) electrons. The molecule has 0 spiro atoms. The van der Waals surface area contributed by atoms with E-state index in [1.54, 1.807) is 0 Å². The van der Waals surface area contributed by atoms with Crippen LogP contribution in [0.1, 0.15) is 32.6 Å². The Morgan fingerprint density at radius 3 is 2.41 bits per heavy atom. The van der Waals surface area contributed by atoms with Gasteiger partial charge >= 0.3 is 6.09 Å². The molecule has 0 aliphatic rings. The van der Waals surface area contributed by atoms with Crippen LogP contribution in [0.25, 0.3) is 0 Å². The molecule has 5 nitrogen and oxygen atoms in total. The second-order valence-electron chi connectivity index (χ2n) is 3.58. The van der Waals surface area contributed by atoms with E-state index in [0.29, 0.717) is 19.5 Å². The highest BCUT2D eigenvalue weighted by Gasteiger charge is 1.99. The van der Waals surface area contributed by atoms with Crippen LogP contribution in [0.5, 0.6) is 0 Å². The van der Waals surface area contributed by atoms with Gasteiger partial charge in [-0.1, -0.05) is 19.6 Å². The number of carbonyl (C=O) groups excluding carboxylic acids is 2. The molecular formula is C12H22N2O3. The molecule has 0 aromatic heterocycles. The van der Waals surface area contributed by atoms with Crippen LogP contribution in [0.2, 0.25) is 0 Å². The Bertz CT molecular complexity index is 242. The maximum absolute atomic E-state index is 11.0. The van der Waals surface area contributed by atoms with Crippen molar-refractivity contribution in [3.63, 3.8) is 0 Å². The fourth-order valence-electron chi connectivity index (χ4n) is 1.16. The number of amides is 2. The lowest BCUT2D eigenvalue weighted by atomic mass is 10.2. The first kappa shape index (κ1) is 15.5. The molecule has 0 aliphatic heterocycles. The average Bonchev–Trinajstić information content (AvgIpc) is 2.34. The fourth-order valence-corrected chi connectivity index (χ4v) is 1.16. The molecule has 2 amide bonds. The molecule has 17 heavy (non-hydrogen) atoms. The van der Waals surface area contributed by atoms with E-state index in [1.165, 1.54) is 6.08 Å². The molecule has 0 fully saturated rings. The van der Waals surface area contributed by atoms with Gasteiger partial charge in [0.25, 0.3) is 0 Å². The monoisotopic (exact) mass is 242 g/mol. The lowest BCUT2D eigenvalue weighted by molar-refractivity contribution is -0.120. The zero-order chi connectivity index (χ0) is 12.9. The molecule has 0 unspecified atom stereocenters. The van der Waals surface area contributed by atoms with Gasteiger partial charge in [-0.05, 0) is 19.3 Å². The normalized spacial score (nSPS) is 9.47. The molecule has 0 saturated carbocycles. The van der Waals surface area contributed by atoms with Gasteiger partial charge in [0.05, 0.1) is 0 Å². The second kappa shape index (κ2) is 11.0. The van der Waals surface area contributed by atoms with Crippen molar-refractivity contribution < 1.29 is 14.3 Å². The highest BCUT2D eigenvalue weighted by Crippen LogP contribution is 1.93. The van der Waals surface area contributed by atoms with E-state index in [2.05, 4.69) is 17.2 Å². The Morgan fingerprint density at radius 2 is 1.82 bits per heavy atom. The highest BCUT2D eigenvalue weighted by atomic mass is 16.5. The third-order valence-electron chi connectivity index (χ3n) is 2.10. The van der Waals surface area contributed by atoms with Crippen LogP contribution in [-0.4, -0.2) is 31.7 Å². The number of hydrogen-bond acceptors (Lipinski definition) is 3. The summed E-state index contributed by atoms with van der Waals surface area (Å²) in [5.41, 5.74) is 0. The van der Waals surface area contributed by atoms with E-state index in [0.717, 1.165) is 19.3 Å². The first-order chi connectivity index (χ1) is 8.20. The predicted octanol–water partition coefficient (Wildman–Crippen LogP) is 1.60. The first-order valence-electron chi connectivity index (χ1n) is 5.99. The Morgan fingerprint density at radius 1 is 1.18 bits per heavy atom. The molecule has 5 heteroatoms. The van der Waals surface area contributed by atoms with Crippen LogP contribution < -0.4 is 10.6 Å². The molecule has 0 saturated heterocycles. The van der Waals surface area contributed by atoms with E-state index in [9.17, 15) is 9.59 Å². The SMILES string of the molecule is C=CCOC(=O)NCCCCCNC(=O)CC. The predicted molar refractivity (Wildman–Crippen MR) is 66.7 cm³/mol. The quantitative estimate of drug-likeness (QED) is 0.476. The number of ether oxygens (including phenoxy) is 1. The number of nitrogens with one attached hydrogen (secondary N) is 2. The van der Waals surface area contributed by atoms with Crippen molar-refractivity contribution in [2.24, 2.45) is 0 Å². The summed E-state index contributed by atoms with van der Waals surface area (Å²) in [5.74, 6) is 0.0797. The fraction of sp³-hybridized carbons (Fsp3) is 0.667. The van der Waals surface area contributed by atoms with Crippen molar-refractivity contribution in [2.45, 2.75) is 32.6 Å². The van der Waals surface area contributed by atoms with Gasteiger partial charge in [0.1, 0.15) is 6.61 Å². The number of rotatable bonds is 9. The highest BCUT2D eigenvalue weighted by molar-refractivity contribution is 5.75. The molecule has 98 valence electrons. The summed E-state index contributed by atoms with van der Waals surface area (Å²) in [6.45, 7) is 6.80. The lowest BCUT2D eigenvalue weighted by Crippen LogP contribution is -2.26. The largest absolute Gasteiger partial charge is 0.445 e. The Balaban J connectivity index is 3.20. The molecule has 2 N–H and O–H groups in total. The third-order valence-corrected chi connectivity index (χ3v) is 2.10. The van der Waals surface area contributed by atoms with Crippen LogP contribution >= 0.6 is 0 Å². The Labute approximate surface area is 103 Å².